The molecule has 0 aromatic heterocycles. The lowest BCUT2D eigenvalue weighted by molar-refractivity contribution is 0.248. The molecule has 0 atom stereocenters. The first-order valence-electron chi connectivity index (χ1n) is 12.3. The van der Waals surface area contributed by atoms with Crippen molar-refractivity contribution in [1.82, 2.24) is 0 Å². The number of halogens is 3. The maximum Gasteiger partial charge on any atom is 0.175 e. The molecule has 0 aliphatic heterocycles. The van der Waals surface area contributed by atoms with Crippen molar-refractivity contribution in [3.8, 4) is 5.75 Å². The van der Waals surface area contributed by atoms with E-state index in [9.17, 15) is 13.2 Å². The summed E-state index contributed by atoms with van der Waals surface area (Å²) in [6.07, 6.45) is 13.2. The number of fused-ring (bicyclic) bond motifs is 1. The Kier molecular flexibility index (Phi) is 9.10. The van der Waals surface area contributed by atoms with Crippen molar-refractivity contribution in [3.63, 3.8) is 0 Å². The molecule has 1 fully saturated rings. The third-order valence-electron chi connectivity index (χ3n) is 6.92. The molecular formula is C27H37F3O. The Hall–Kier alpha value is -1.71. The SMILES string of the molecule is CCCCCC1CCC(CCc2cc3ccc(OCCCC)c(F)c3c(F)c2F)CC1. The molecule has 0 radical (unpaired) electrons. The van der Waals surface area contributed by atoms with Gasteiger partial charge in [0.05, 0.1) is 12.0 Å². The first-order valence-corrected chi connectivity index (χ1v) is 12.3. The van der Waals surface area contributed by atoms with E-state index < -0.39 is 17.5 Å². The minimum Gasteiger partial charge on any atom is -0.490 e. The van der Waals surface area contributed by atoms with Crippen LogP contribution < -0.4 is 4.74 Å². The largest absolute Gasteiger partial charge is 0.490 e. The van der Waals surface area contributed by atoms with Crippen molar-refractivity contribution < 1.29 is 17.9 Å². The van der Waals surface area contributed by atoms with Gasteiger partial charge in [-0.1, -0.05) is 77.7 Å². The minimum absolute atomic E-state index is 0.0114. The molecule has 1 nitrogen and oxygen atoms in total. The van der Waals surface area contributed by atoms with Crippen LogP contribution in [0.2, 0.25) is 0 Å². The Morgan fingerprint density at radius 3 is 2.16 bits per heavy atom. The predicted octanol–water partition coefficient (Wildman–Crippen LogP) is 8.76. The maximum absolute atomic E-state index is 14.8. The molecule has 0 saturated heterocycles. The van der Waals surface area contributed by atoms with Gasteiger partial charge in [0.1, 0.15) is 0 Å². The van der Waals surface area contributed by atoms with Gasteiger partial charge in [0.25, 0.3) is 0 Å². The summed E-state index contributed by atoms with van der Waals surface area (Å²) in [7, 11) is 0. The van der Waals surface area contributed by atoms with E-state index in [1.165, 1.54) is 57.4 Å². The fourth-order valence-corrected chi connectivity index (χ4v) is 4.89. The molecule has 172 valence electrons. The van der Waals surface area contributed by atoms with Crippen molar-refractivity contribution in [2.45, 2.75) is 90.9 Å². The summed E-state index contributed by atoms with van der Waals surface area (Å²) in [5.41, 5.74) is 0.356. The Morgan fingerprint density at radius 2 is 1.48 bits per heavy atom. The predicted molar refractivity (Wildman–Crippen MR) is 122 cm³/mol. The van der Waals surface area contributed by atoms with E-state index in [-0.39, 0.29) is 11.1 Å². The van der Waals surface area contributed by atoms with Crippen LogP contribution in [-0.2, 0) is 6.42 Å². The molecule has 1 aliphatic rings. The summed E-state index contributed by atoms with van der Waals surface area (Å²) in [6, 6.07) is 4.77. The molecule has 0 amide bonds. The molecule has 0 bridgehead atoms. The third-order valence-corrected chi connectivity index (χ3v) is 6.92. The number of benzene rings is 2. The van der Waals surface area contributed by atoms with Crippen LogP contribution in [0.3, 0.4) is 0 Å². The van der Waals surface area contributed by atoms with Crippen LogP contribution in [0.4, 0.5) is 13.2 Å². The standard InChI is InChI=1S/C27H37F3O/c1-3-5-7-8-19-9-11-20(12-10-19)13-14-22-18-21-15-16-23(31-17-6-4-2)26(29)24(21)27(30)25(22)28/h15-16,18-20H,3-14,17H2,1-2H3. The lowest BCUT2D eigenvalue weighted by Gasteiger charge is -2.28. The van der Waals surface area contributed by atoms with Crippen molar-refractivity contribution in [2.24, 2.45) is 11.8 Å². The lowest BCUT2D eigenvalue weighted by Crippen LogP contribution is -2.15. The minimum atomic E-state index is -1.09. The van der Waals surface area contributed by atoms with E-state index in [0.717, 1.165) is 25.2 Å². The quantitative estimate of drug-likeness (QED) is 0.321. The van der Waals surface area contributed by atoms with Crippen LogP contribution >= 0.6 is 0 Å². The Bertz CT molecular complexity index is 840. The first-order chi connectivity index (χ1) is 15.0. The summed E-state index contributed by atoms with van der Waals surface area (Å²) in [6.45, 7) is 4.61. The average Bonchev–Trinajstić information content (AvgIpc) is 2.78. The smallest absolute Gasteiger partial charge is 0.175 e. The number of ether oxygens (including phenoxy) is 1. The van der Waals surface area contributed by atoms with E-state index in [0.29, 0.717) is 29.9 Å². The Morgan fingerprint density at radius 1 is 0.806 bits per heavy atom. The zero-order valence-corrected chi connectivity index (χ0v) is 19.1. The highest BCUT2D eigenvalue weighted by molar-refractivity contribution is 5.86. The second-order valence-electron chi connectivity index (χ2n) is 9.26. The molecule has 3 rings (SSSR count). The second kappa shape index (κ2) is 11.8. The van der Waals surface area contributed by atoms with Crippen LogP contribution in [0.5, 0.6) is 5.75 Å². The zero-order valence-electron chi connectivity index (χ0n) is 19.1. The summed E-state index contributed by atoms with van der Waals surface area (Å²) in [5, 5.41) is 0.0942. The van der Waals surface area contributed by atoms with Gasteiger partial charge in [-0.25, -0.2) is 13.2 Å². The van der Waals surface area contributed by atoms with E-state index in [1.807, 2.05) is 6.92 Å². The van der Waals surface area contributed by atoms with Crippen LogP contribution in [-0.4, -0.2) is 6.61 Å². The van der Waals surface area contributed by atoms with E-state index in [2.05, 4.69) is 6.92 Å². The van der Waals surface area contributed by atoms with Crippen molar-refractivity contribution in [3.05, 3.63) is 41.2 Å². The Balaban J connectivity index is 1.63. The van der Waals surface area contributed by atoms with E-state index in [1.54, 1.807) is 12.1 Å². The van der Waals surface area contributed by atoms with Crippen molar-refractivity contribution in [2.75, 3.05) is 6.61 Å². The summed E-state index contributed by atoms with van der Waals surface area (Å²) in [4.78, 5) is 0. The third kappa shape index (κ3) is 6.17. The van der Waals surface area contributed by atoms with Crippen LogP contribution in [0, 0.1) is 29.3 Å². The van der Waals surface area contributed by atoms with Crippen LogP contribution in [0.25, 0.3) is 10.8 Å². The molecule has 1 saturated carbocycles. The topological polar surface area (TPSA) is 9.23 Å². The second-order valence-corrected chi connectivity index (χ2v) is 9.26. The molecule has 1 aliphatic carbocycles. The number of rotatable bonds is 11. The number of aryl methyl sites for hydroxylation is 1. The van der Waals surface area contributed by atoms with Gasteiger partial charge in [-0.15, -0.1) is 0 Å². The van der Waals surface area contributed by atoms with E-state index >= 15 is 0 Å². The van der Waals surface area contributed by atoms with Crippen LogP contribution in [0.1, 0.15) is 90.0 Å². The average molecular weight is 435 g/mol. The molecule has 0 heterocycles. The van der Waals surface area contributed by atoms with Gasteiger partial charge in [-0.2, -0.15) is 0 Å². The molecule has 0 spiro atoms. The monoisotopic (exact) mass is 434 g/mol. The molecule has 31 heavy (non-hydrogen) atoms. The fraction of sp³-hybridized carbons (Fsp3) is 0.630. The van der Waals surface area contributed by atoms with Gasteiger partial charge in [-0.05, 0) is 54.2 Å². The fourth-order valence-electron chi connectivity index (χ4n) is 4.89. The highest BCUT2D eigenvalue weighted by atomic mass is 19.2. The molecule has 4 heteroatoms. The van der Waals surface area contributed by atoms with Gasteiger partial charge in [0, 0.05) is 0 Å². The molecular weight excluding hydrogens is 397 g/mol. The van der Waals surface area contributed by atoms with Gasteiger partial charge in [0.2, 0.25) is 0 Å². The Labute approximate surface area is 185 Å². The number of hydrogen-bond acceptors (Lipinski definition) is 1. The number of unbranched alkanes of at least 4 members (excludes halogenated alkanes) is 3. The van der Waals surface area contributed by atoms with Gasteiger partial charge in [0.15, 0.2) is 23.2 Å². The van der Waals surface area contributed by atoms with Gasteiger partial charge < -0.3 is 4.74 Å². The molecule has 0 unspecified atom stereocenters. The lowest BCUT2D eigenvalue weighted by atomic mass is 9.77. The maximum atomic E-state index is 14.8. The molecule has 2 aromatic rings. The summed E-state index contributed by atoms with van der Waals surface area (Å²) in [5.74, 6) is -1.40. The van der Waals surface area contributed by atoms with Crippen molar-refractivity contribution in [1.29, 1.82) is 0 Å². The highest BCUT2D eigenvalue weighted by Gasteiger charge is 2.23. The first kappa shape index (κ1) is 23.9. The van der Waals surface area contributed by atoms with Gasteiger partial charge >= 0.3 is 0 Å². The molecule has 0 N–H and O–H groups in total. The van der Waals surface area contributed by atoms with Crippen molar-refractivity contribution >= 4 is 10.8 Å². The highest BCUT2D eigenvalue weighted by Crippen LogP contribution is 2.36. The summed E-state index contributed by atoms with van der Waals surface area (Å²) >= 11 is 0. The normalized spacial score (nSPS) is 19.1. The van der Waals surface area contributed by atoms with Gasteiger partial charge in [-0.3, -0.25) is 0 Å². The zero-order chi connectivity index (χ0) is 22.2. The van der Waals surface area contributed by atoms with Crippen LogP contribution in [0.15, 0.2) is 18.2 Å². The molecule has 2 aromatic carbocycles. The van der Waals surface area contributed by atoms with E-state index in [4.69, 9.17) is 4.74 Å². The number of hydrogen-bond donors (Lipinski definition) is 0. The summed E-state index contributed by atoms with van der Waals surface area (Å²) < 4.78 is 49.7.